The molecule has 0 radical (unpaired) electrons. The lowest BCUT2D eigenvalue weighted by Gasteiger charge is -2.26. The van der Waals surface area contributed by atoms with E-state index in [9.17, 15) is 19.3 Å². The molecule has 8 nitrogen and oxygen atoms in total. The molecule has 2 heterocycles. The SMILES string of the molecule is O=C1Nc2ccc(F)cc2OC1c1cc2c(cc1[N+](=O)[O-])OCO2. The van der Waals surface area contributed by atoms with Crippen LogP contribution < -0.4 is 19.5 Å². The number of nitro groups is 1. The van der Waals surface area contributed by atoms with Crippen molar-refractivity contribution >= 4 is 17.3 Å². The molecule has 0 saturated carbocycles. The molecule has 0 aromatic heterocycles. The minimum Gasteiger partial charge on any atom is -0.473 e. The largest absolute Gasteiger partial charge is 0.473 e. The second-order valence-electron chi connectivity index (χ2n) is 5.15. The summed E-state index contributed by atoms with van der Waals surface area (Å²) in [6, 6.07) is 6.13. The summed E-state index contributed by atoms with van der Waals surface area (Å²) in [6.45, 7) is -0.0678. The number of amides is 1. The van der Waals surface area contributed by atoms with Gasteiger partial charge < -0.3 is 19.5 Å². The Kier molecular flexibility index (Phi) is 3.02. The number of nitro benzene ring substituents is 1. The molecule has 2 aromatic carbocycles. The zero-order chi connectivity index (χ0) is 16.8. The van der Waals surface area contributed by atoms with Crippen molar-refractivity contribution < 1.29 is 28.3 Å². The second kappa shape index (κ2) is 5.08. The maximum Gasteiger partial charge on any atom is 0.280 e. The molecule has 2 aliphatic rings. The number of carbonyl (C=O) groups excluding carboxylic acids is 1. The number of rotatable bonds is 2. The van der Waals surface area contributed by atoms with Crippen molar-refractivity contribution in [3.8, 4) is 17.2 Å². The van der Waals surface area contributed by atoms with Gasteiger partial charge in [0.25, 0.3) is 11.6 Å². The molecule has 0 spiro atoms. The molecule has 122 valence electrons. The van der Waals surface area contributed by atoms with Crippen LogP contribution in [0.5, 0.6) is 17.2 Å². The first-order valence-electron chi connectivity index (χ1n) is 6.88. The first-order valence-corrected chi connectivity index (χ1v) is 6.88. The summed E-state index contributed by atoms with van der Waals surface area (Å²) in [5, 5.41) is 13.9. The van der Waals surface area contributed by atoms with Gasteiger partial charge in [-0.3, -0.25) is 14.9 Å². The van der Waals surface area contributed by atoms with Crippen LogP contribution in [0.15, 0.2) is 30.3 Å². The molecule has 2 aliphatic heterocycles. The van der Waals surface area contributed by atoms with Crippen LogP contribution in [0.2, 0.25) is 0 Å². The predicted molar refractivity (Wildman–Crippen MR) is 77.6 cm³/mol. The number of hydrogen-bond acceptors (Lipinski definition) is 6. The number of anilines is 1. The van der Waals surface area contributed by atoms with Crippen molar-refractivity contribution in [2.24, 2.45) is 0 Å². The lowest BCUT2D eigenvalue weighted by Crippen LogP contribution is -2.30. The van der Waals surface area contributed by atoms with Crippen LogP contribution in [0.1, 0.15) is 11.7 Å². The van der Waals surface area contributed by atoms with Gasteiger partial charge in [0.05, 0.1) is 22.2 Å². The normalized spacial score (nSPS) is 17.7. The number of halogens is 1. The van der Waals surface area contributed by atoms with E-state index in [-0.39, 0.29) is 35.3 Å². The molecule has 2 aromatic rings. The molecule has 9 heteroatoms. The van der Waals surface area contributed by atoms with Crippen molar-refractivity contribution in [3.05, 3.63) is 51.8 Å². The van der Waals surface area contributed by atoms with Crippen LogP contribution in [0.25, 0.3) is 0 Å². The summed E-state index contributed by atoms with van der Waals surface area (Å²) in [4.78, 5) is 23.0. The maximum atomic E-state index is 13.4. The van der Waals surface area contributed by atoms with Gasteiger partial charge in [0, 0.05) is 6.07 Å². The third-order valence-corrected chi connectivity index (χ3v) is 3.69. The monoisotopic (exact) mass is 332 g/mol. The van der Waals surface area contributed by atoms with E-state index in [1.165, 1.54) is 24.3 Å². The van der Waals surface area contributed by atoms with Crippen LogP contribution in [0, 0.1) is 15.9 Å². The number of ether oxygens (including phenoxy) is 3. The zero-order valence-electron chi connectivity index (χ0n) is 11.9. The molecule has 0 fully saturated rings. The Bertz CT molecular complexity index is 885. The molecule has 1 atom stereocenters. The average molecular weight is 332 g/mol. The van der Waals surface area contributed by atoms with Crippen molar-refractivity contribution in [3.63, 3.8) is 0 Å². The third-order valence-electron chi connectivity index (χ3n) is 3.69. The lowest BCUT2D eigenvalue weighted by molar-refractivity contribution is -0.386. The van der Waals surface area contributed by atoms with Gasteiger partial charge in [0.1, 0.15) is 11.6 Å². The van der Waals surface area contributed by atoms with Crippen LogP contribution in [-0.4, -0.2) is 17.6 Å². The highest BCUT2D eigenvalue weighted by atomic mass is 19.1. The highest BCUT2D eigenvalue weighted by Crippen LogP contribution is 2.43. The molecule has 0 saturated heterocycles. The number of nitrogens with one attached hydrogen (secondary N) is 1. The minimum absolute atomic E-state index is 0.00309. The summed E-state index contributed by atoms with van der Waals surface area (Å²) in [5.74, 6) is -0.573. The number of benzene rings is 2. The molecule has 0 bridgehead atoms. The predicted octanol–water partition coefficient (Wildman–Crippen LogP) is 2.53. The lowest BCUT2D eigenvalue weighted by atomic mass is 10.0. The van der Waals surface area contributed by atoms with E-state index in [2.05, 4.69) is 5.32 Å². The summed E-state index contributed by atoms with van der Waals surface area (Å²) in [5.41, 5.74) is -0.0584. The van der Waals surface area contributed by atoms with Gasteiger partial charge in [0.2, 0.25) is 12.9 Å². The zero-order valence-corrected chi connectivity index (χ0v) is 11.9. The van der Waals surface area contributed by atoms with Crippen LogP contribution in [0.3, 0.4) is 0 Å². The minimum atomic E-state index is -1.31. The van der Waals surface area contributed by atoms with E-state index in [1.807, 2.05) is 0 Å². The maximum absolute atomic E-state index is 13.4. The van der Waals surface area contributed by atoms with E-state index in [0.29, 0.717) is 5.69 Å². The Morgan fingerprint density at radius 1 is 1.17 bits per heavy atom. The van der Waals surface area contributed by atoms with Gasteiger partial charge in [-0.25, -0.2) is 4.39 Å². The van der Waals surface area contributed by atoms with Crippen LogP contribution in [-0.2, 0) is 4.79 Å². The average Bonchev–Trinajstić information content (AvgIpc) is 3.00. The van der Waals surface area contributed by atoms with E-state index in [4.69, 9.17) is 14.2 Å². The number of carbonyl (C=O) groups is 1. The van der Waals surface area contributed by atoms with E-state index in [0.717, 1.165) is 6.07 Å². The summed E-state index contributed by atoms with van der Waals surface area (Å²) >= 11 is 0. The smallest absolute Gasteiger partial charge is 0.280 e. The van der Waals surface area contributed by atoms with Gasteiger partial charge in [0.15, 0.2) is 11.5 Å². The van der Waals surface area contributed by atoms with Gasteiger partial charge in [-0.1, -0.05) is 0 Å². The van der Waals surface area contributed by atoms with Crippen molar-refractivity contribution in [2.75, 3.05) is 12.1 Å². The van der Waals surface area contributed by atoms with Gasteiger partial charge in [-0.2, -0.15) is 0 Å². The van der Waals surface area contributed by atoms with Crippen LogP contribution in [0.4, 0.5) is 15.8 Å². The fourth-order valence-corrected chi connectivity index (χ4v) is 2.60. The van der Waals surface area contributed by atoms with Crippen molar-refractivity contribution in [1.82, 2.24) is 0 Å². The Morgan fingerprint density at radius 3 is 2.67 bits per heavy atom. The molecule has 24 heavy (non-hydrogen) atoms. The number of nitrogens with zero attached hydrogens (tertiary/aromatic N) is 1. The molecule has 0 aliphatic carbocycles. The standard InChI is InChI=1S/C15H9FN2O6/c16-7-1-2-9-11(3-7)24-14(15(19)17-9)8-4-12-13(23-6-22-12)5-10(8)18(20)21/h1-5,14H,6H2,(H,17,19). The van der Waals surface area contributed by atoms with Crippen LogP contribution >= 0.6 is 0 Å². The Morgan fingerprint density at radius 2 is 1.92 bits per heavy atom. The van der Waals surface area contributed by atoms with Crippen molar-refractivity contribution in [1.29, 1.82) is 0 Å². The summed E-state index contributed by atoms with van der Waals surface area (Å²) < 4.78 is 29.2. The molecule has 1 unspecified atom stereocenters. The molecular formula is C15H9FN2O6. The summed E-state index contributed by atoms with van der Waals surface area (Å²) in [7, 11) is 0. The van der Waals surface area contributed by atoms with E-state index >= 15 is 0 Å². The number of hydrogen-bond donors (Lipinski definition) is 1. The van der Waals surface area contributed by atoms with E-state index < -0.39 is 22.8 Å². The van der Waals surface area contributed by atoms with Gasteiger partial charge in [-0.15, -0.1) is 0 Å². The third kappa shape index (κ3) is 2.18. The topological polar surface area (TPSA) is 99.9 Å². The fourth-order valence-electron chi connectivity index (χ4n) is 2.60. The van der Waals surface area contributed by atoms with Gasteiger partial charge >= 0.3 is 0 Å². The Balaban J connectivity index is 1.81. The Hall–Kier alpha value is -3.36. The molecule has 1 amide bonds. The quantitative estimate of drug-likeness (QED) is 0.670. The highest BCUT2D eigenvalue weighted by Gasteiger charge is 2.36. The second-order valence-corrected chi connectivity index (χ2v) is 5.15. The first-order chi connectivity index (χ1) is 11.5. The fraction of sp³-hybridized carbons (Fsp3) is 0.133. The molecule has 4 rings (SSSR count). The summed E-state index contributed by atoms with van der Waals surface area (Å²) in [6.07, 6.45) is -1.31. The van der Waals surface area contributed by atoms with E-state index in [1.54, 1.807) is 0 Å². The van der Waals surface area contributed by atoms with Crippen molar-refractivity contribution in [2.45, 2.75) is 6.10 Å². The highest BCUT2D eigenvalue weighted by molar-refractivity contribution is 5.99. The first kappa shape index (κ1) is 14.2. The number of fused-ring (bicyclic) bond motifs is 2. The molecular weight excluding hydrogens is 323 g/mol. The Labute approximate surface area is 133 Å². The molecule has 1 N–H and O–H groups in total. The van der Waals surface area contributed by atoms with Gasteiger partial charge in [-0.05, 0) is 18.2 Å².